The molecule has 19 heavy (non-hydrogen) atoms. The number of methoxy groups -OCH3 is 1. The minimum Gasteiger partial charge on any atom is -0.385 e. The lowest BCUT2D eigenvalue weighted by atomic mass is 10.0. The van der Waals surface area contributed by atoms with Crippen LogP contribution in [0.3, 0.4) is 0 Å². The highest BCUT2D eigenvalue weighted by Crippen LogP contribution is 2.26. The third-order valence-corrected chi connectivity index (χ3v) is 3.91. The molecule has 1 atom stereocenters. The second-order valence-electron chi connectivity index (χ2n) is 4.64. The summed E-state index contributed by atoms with van der Waals surface area (Å²) in [5, 5.41) is 4.80. The van der Waals surface area contributed by atoms with Crippen LogP contribution >= 0.6 is 23.2 Å². The van der Waals surface area contributed by atoms with Crippen molar-refractivity contribution >= 4 is 23.2 Å². The van der Waals surface area contributed by atoms with Crippen LogP contribution in [-0.2, 0) is 4.74 Å². The Bertz CT molecular complexity index is 371. The highest BCUT2D eigenvalue weighted by atomic mass is 35.5. The van der Waals surface area contributed by atoms with Crippen molar-refractivity contribution in [1.29, 1.82) is 0 Å². The molecule has 0 heterocycles. The number of halogens is 2. The van der Waals surface area contributed by atoms with Gasteiger partial charge in [-0.3, -0.25) is 0 Å². The molecule has 1 aromatic carbocycles. The first-order valence-electron chi connectivity index (χ1n) is 6.86. The third kappa shape index (κ3) is 6.13. The van der Waals surface area contributed by atoms with Gasteiger partial charge in [-0.1, -0.05) is 36.2 Å². The molecule has 0 saturated heterocycles. The SMILES string of the molecule is CCC(NCCCCCOC)c1ccc(Cl)c(Cl)c1. The Morgan fingerprint density at radius 3 is 2.58 bits per heavy atom. The Morgan fingerprint density at radius 1 is 1.16 bits per heavy atom. The quantitative estimate of drug-likeness (QED) is 0.658. The Labute approximate surface area is 126 Å². The van der Waals surface area contributed by atoms with Crippen molar-refractivity contribution in [3.05, 3.63) is 33.8 Å². The van der Waals surface area contributed by atoms with Gasteiger partial charge in [-0.2, -0.15) is 0 Å². The van der Waals surface area contributed by atoms with Gasteiger partial charge in [-0.15, -0.1) is 0 Å². The van der Waals surface area contributed by atoms with Crippen molar-refractivity contribution < 1.29 is 4.74 Å². The molecule has 2 nitrogen and oxygen atoms in total. The Hall–Kier alpha value is -0.280. The lowest BCUT2D eigenvalue weighted by Gasteiger charge is -2.18. The summed E-state index contributed by atoms with van der Waals surface area (Å²) < 4.78 is 5.04. The second kappa shape index (κ2) is 9.60. The molecule has 108 valence electrons. The summed E-state index contributed by atoms with van der Waals surface area (Å²) in [6, 6.07) is 6.20. The lowest BCUT2D eigenvalue weighted by molar-refractivity contribution is 0.192. The molecule has 0 bridgehead atoms. The van der Waals surface area contributed by atoms with Crippen LogP contribution in [0.4, 0.5) is 0 Å². The number of benzene rings is 1. The van der Waals surface area contributed by atoms with Crippen LogP contribution in [0.5, 0.6) is 0 Å². The largest absolute Gasteiger partial charge is 0.385 e. The van der Waals surface area contributed by atoms with E-state index in [-0.39, 0.29) is 0 Å². The van der Waals surface area contributed by atoms with Crippen LogP contribution in [0, 0.1) is 0 Å². The lowest BCUT2D eigenvalue weighted by Crippen LogP contribution is -2.22. The van der Waals surface area contributed by atoms with Crippen molar-refractivity contribution in [1.82, 2.24) is 5.32 Å². The molecule has 0 aliphatic heterocycles. The topological polar surface area (TPSA) is 21.3 Å². The van der Waals surface area contributed by atoms with Crippen LogP contribution in [0.1, 0.15) is 44.2 Å². The van der Waals surface area contributed by atoms with Crippen molar-refractivity contribution in [3.8, 4) is 0 Å². The van der Waals surface area contributed by atoms with Gasteiger partial charge >= 0.3 is 0 Å². The number of rotatable bonds is 9. The van der Waals surface area contributed by atoms with Gasteiger partial charge in [0.2, 0.25) is 0 Å². The first-order chi connectivity index (χ1) is 9.19. The summed E-state index contributed by atoms with van der Waals surface area (Å²) >= 11 is 12.0. The standard InChI is InChI=1S/C15H23Cl2NO/c1-3-15(18-9-5-4-6-10-19-2)12-7-8-13(16)14(17)11-12/h7-8,11,15,18H,3-6,9-10H2,1-2H3. The van der Waals surface area contributed by atoms with Gasteiger partial charge in [0.15, 0.2) is 0 Å². The molecular formula is C15H23Cl2NO. The van der Waals surface area contributed by atoms with Gasteiger partial charge in [0.25, 0.3) is 0 Å². The molecule has 1 aromatic rings. The third-order valence-electron chi connectivity index (χ3n) is 3.17. The molecule has 0 aromatic heterocycles. The number of unbranched alkanes of at least 4 members (excludes halogenated alkanes) is 2. The van der Waals surface area contributed by atoms with E-state index in [0.29, 0.717) is 16.1 Å². The molecule has 4 heteroatoms. The van der Waals surface area contributed by atoms with E-state index in [2.05, 4.69) is 12.2 Å². The smallest absolute Gasteiger partial charge is 0.0595 e. The molecule has 1 unspecified atom stereocenters. The van der Waals surface area contributed by atoms with E-state index in [1.165, 1.54) is 18.4 Å². The van der Waals surface area contributed by atoms with Crippen LogP contribution in [0.2, 0.25) is 10.0 Å². The van der Waals surface area contributed by atoms with E-state index in [9.17, 15) is 0 Å². The predicted molar refractivity (Wildman–Crippen MR) is 83.2 cm³/mol. The summed E-state index contributed by atoms with van der Waals surface area (Å²) in [6.07, 6.45) is 4.53. The van der Waals surface area contributed by atoms with Crippen LogP contribution < -0.4 is 5.32 Å². The molecule has 0 amide bonds. The van der Waals surface area contributed by atoms with Crippen LogP contribution in [0.25, 0.3) is 0 Å². The zero-order valence-corrected chi connectivity index (χ0v) is 13.2. The zero-order valence-electron chi connectivity index (χ0n) is 11.7. The molecular weight excluding hydrogens is 281 g/mol. The van der Waals surface area contributed by atoms with E-state index < -0.39 is 0 Å². The van der Waals surface area contributed by atoms with Gasteiger partial charge in [0, 0.05) is 19.8 Å². The highest BCUT2D eigenvalue weighted by molar-refractivity contribution is 6.42. The monoisotopic (exact) mass is 303 g/mol. The fraction of sp³-hybridized carbons (Fsp3) is 0.600. The normalized spacial score (nSPS) is 12.6. The molecule has 0 saturated carbocycles. The van der Waals surface area contributed by atoms with E-state index in [1.807, 2.05) is 18.2 Å². The molecule has 0 spiro atoms. The number of hydrogen-bond donors (Lipinski definition) is 1. The highest BCUT2D eigenvalue weighted by Gasteiger charge is 2.09. The predicted octanol–water partition coefficient (Wildman–Crippen LogP) is 4.85. The number of ether oxygens (including phenoxy) is 1. The van der Waals surface area contributed by atoms with E-state index in [1.54, 1.807) is 7.11 Å². The van der Waals surface area contributed by atoms with Gasteiger partial charge in [0.05, 0.1) is 10.0 Å². The number of nitrogens with one attached hydrogen (secondary N) is 1. The first-order valence-corrected chi connectivity index (χ1v) is 7.62. The number of hydrogen-bond acceptors (Lipinski definition) is 2. The molecule has 0 aliphatic rings. The zero-order chi connectivity index (χ0) is 14.1. The van der Waals surface area contributed by atoms with Crippen LogP contribution in [0.15, 0.2) is 18.2 Å². The second-order valence-corrected chi connectivity index (χ2v) is 5.46. The summed E-state index contributed by atoms with van der Waals surface area (Å²) in [5.41, 5.74) is 1.20. The molecule has 0 radical (unpaired) electrons. The van der Waals surface area contributed by atoms with Crippen molar-refractivity contribution in [2.75, 3.05) is 20.3 Å². The van der Waals surface area contributed by atoms with E-state index in [4.69, 9.17) is 27.9 Å². The maximum absolute atomic E-state index is 6.06. The molecule has 0 aliphatic carbocycles. The fourth-order valence-electron chi connectivity index (χ4n) is 2.05. The minimum absolute atomic E-state index is 0.345. The van der Waals surface area contributed by atoms with Crippen molar-refractivity contribution in [3.63, 3.8) is 0 Å². The van der Waals surface area contributed by atoms with Gasteiger partial charge in [0.1, 0.15) is 0 Å². The van der Waals surface area contributed by atoms with E-state index in [0.717, 1.165) is 26.0 Å². The first kappa shape index (κ1) is 16.8. The summed E-state index contributed by atoms with van der Waals surface area (Å²) in [7, 11) is 1.75. The van der Waals surface area contributed by atoms with Gasteiger partial charge in [-0.05, 0) is 49.9 Å². The molecule has 0 fully saturated rings. The minimum atomic E-state index is 0.345. The maximum Gasteiger partial charge on any atom is 0.0595 e. The Balaban J connectivity index is 2.38. The Morgan fingerprint density at radius 2 is 1.95 bits per heavy atom. The van der Waals surface area contributed by atoms with Crippen molar-refractivity contribution in [2.24, 2.45) is 0 Å². The average molecular weight is 304 g/mol. The van der Waals surface area contributed by atoms with Gasteiger partial charge in [-0.25, -0.2) is 0 Å². The van der Waals surface area contributed by atoms with Gasteiger partial charge < -0.3 is 10.1 Å². The van der Waals surface area contributed by atoms with Crippen molar-refractivity contribution in [2.45, 2.75) is 38.6 Å². The maximum atomic E-state index is 6.06. The van der Waals surface area contributed by atoms with E-state index >= 15 is 0 Å². The average Bonchev–Trinajstić information content (AvgIpc) is 2.41. The van der Waals surface area contributed by atoms with Crippen LogP contribution in [-0.4, -0.2) is 20.3 Å². The summed E-state index contributed by atoms with van der Waals surface area (Å²) in [6.45, 7) is 4.04. The molecule has 1 N–H and O–H groups in total. The fourth-order valence-corrected chi connectivity index (χ4v) is 2.36. The Kier molecular flexibility index (Phi) is 8.47. The summed E-state index contributed by atoms with van der Waals surface area (Å²) in [5.74, 6) is 0. The molecule has 1 rings (SSSR count). The summed E-state index contributed by atoms with van der Waals surface area (Å²) in [4.78, 5) is 0.